The second kappa shape index (κ2) is 6.51. The molecule has 1 aromatic heterocycles. The van der Waals surface area contributed by atoms with Crippen molar-refractivity contribution in [1.82, 2.24) is 10.2 Å². The standard InChI is InChI=1S/C18H19N3O4/c1-4-24-17(23)13-6-8-16(21-20-13)19-11-5-7-15-12(9-11)14(22)10-18(2,3)25-15/h5-9H,4,10H2,1-3H3,(H,19,21). The number of esters is 1. The van der Waals surface area contributed by atoms with Gasteiger partial charge in [-0.15, -0.1) is 10.2 Å². The Labute approximate surface area is 145 Å². The molecule has 25 heavy (non-hydrogen) atoms. The fraction of sp³-hybridized carbons (Fsp3) is 0.333. The Morgan fingerprint density at radius 1 is 1.28 bits per heavy atom. The van der Waals surface area contributed by atoms with E-state index in [4.69, 9.17) is 9.47 Å². The van der Waals surface area contributed by atoms with Crippen LogP contribution in [-0.4, -0.2) is 34.2 Å². The van der Waals surface area contributed by atoms with Gasteiger partial charge in [0.25, 0.3) is 0 Å². The first-order valence-corrected chi connectivity index (χ1v) is 8.02. The summed E-state index contributed by atoms with van der Waals surface area (Å²) in [6.45, 7) is 5.79. The van der Waals surface area contributed by atoms with Crippen LogP contribution in [0, 0.1) is 0 Å². The molecule has 0 saturated heterocycles. The molecule has 2 heterocycles. The molecule has 1 aliphatic rings. The van der Waals surface area contributed by atoms with Gasteiger partial charge in [0, 0.05) is 5.69 Å². The van der Waals surface area contributed by atoms with E-state index in [2.05, 4.69) is 15.5 Å². The lowest BCUT2D eigenvalue weighted by molar-refractivity contribution is 0.0517. The van der Waals surface area contributed by atoms with Crippen molar-refractivity contribution in [2.24, 2.45) is 0 Å². The molecule has 0 saturated carbocycles. The number of fused-ring (bicyclic) bond motifs is 1. The van der Waals surface area contributed by atoms with E-state index in [0.717, 1.165) is 0 Å². The van der Waals surface area contributed by atoms with E-state index < -0.39 is 11.6 Å². The lowest BCUT2D eigenvalue weighted by atomic mass is 9.93. The Morgan fingerprint density at radius 3 is 2.76 bits per heavy atom. The van der Waals surface area contributed by atoms with Gasteiger partial charge in [-0.1, -0.05) is 0 Å². The topological polar surface area (TPSA) is 90.4 Å². The lowest BCUT2D eigenvalue weighted by Crippen LogP contribution is -2.35. The third-order valence-corrected chi connectivity index (χ3v) is 3.67. The molecule has 1 aromatic carbocycles. The van der Waals surface area contributed by atoms with Gasteiger partial charge in [-0.3, -0.25) is 4.79 Å². The van der Waals surface area contributed by atoms with Gasteiger partial charge in [0.1, 0.15) is 11.4 Å². The predicted octanol–water partition coefficient (Wildman–Crippen LogP) is 3.14. The fourth-order valence-corrected chi connectivity index (χ4v) is 2.59. The Kier molecular flexibility index (Phi) is 4.39. The molecule has 7 heteroatoms. The van der Waals surface area contributed by atoms with Gasteiger partial charge in [0.2, 0.25) is 0 Å². The summed E-state index contributed by atoms with van der Waals surface area (Å²) < 4.78 is 10.7. The average molecular weight is 341 g/mol. The van der Waals surface area contributed by atoms with Crippen LogP contribution >= 0.6 is 0 Å². The number of carbonyl (C=O) groups excluding carboxylic acids is 2. The minimum absolute atomic E-state index is 0.0404. The first kappa shape index (κ1) is 16.9. The highest BCUT2D eigenvalue weighted by atomic mass is 16.5. The molecule has 2 aromatic rings. The molecular formula is C18H19N3O4. The van der Waals surface area contributed by atoms with Crippen molar-refractivity contribution in [3.05, 3.63) is 41.6 Å². The molecule has 0 radical (unpaired) electrons. The highest BCUT2D eigenvalue weighted by Crippen LogP contribution is 2.34. The number of carbonyl (C=O) groups is 2. The van der Waals surface area contributed by atoms with E-state index >= 15 is 0 Å². The predicted molar refractivity (Wildman–Crippen MR) is 91.4 cm³/mol. The molecule has 7 nitrogen and oxygen atoms in total. The molecule has 3 rings (SSSR count). The summed E-state index contributed by atoms with van der Waals surface area (Å²) >= 11 is 0. The Morgan fingerprint density at radius 2 is 2.08 bits per heavy atom. The summed E-state index contributed by atoms with van der Waals surface area (Å²) in [5.74, 6) is 0.562. The maximum Gasteiger partial charge on any atom is 0.358 e. The van der Waals surface area contributed by atoms with Crippen LogP contribution in [0.15, 0.2) is 30.3 Å². The van der Waals surface area contributed by atoms with Crippen molar-refractivity contribution >= 4 is 23.3 Å². The van der Waals surface area contributed by atoms with Crippen molar-refractivity contribution in [3.8, 4) is 5.75 Å². The quantitative estimate of drug-likeness (QED) is 0.854. The molecular weight excluding hydrogens is 322 g/mol. The summed E-state index contributed by atoms with van der Waals surface area (Å²) in [4.78, 5) is 23.9. The highest BCUT2D eigenvalue weighted by Gasteiger charge is 2.32. The van der Waals surface area contributed by atoms with Crippen LogP contribution < -0.4 is 10.1 Å². The summed E-state index contributed by atoms with van der Waals surface area (Å²) in [7, 11) is 0. The maximum absolute atomic E-state index is 12.3. The van der Waals surface area contributed by atoms with Crippen molar-refractivity contribution in [1.29, 1.82) is 0 Å². The van der Waals surface area contributed by atoms with Gasteiger partial charge in [-0.25, -0.2) is 4.79 Å². The summed E-state index contributed by atoms with van der Waals surface area (Å²) in [6.07, 6.45) is 0.331. The van der Waals surface area contributed by atoms with Crippen LogP contribution in [0.3, 0.4) is 0 Å². The zero-order chi connectivity index (χ0) is 18.0. The van der Waals surface area contributed by atoms with E-state index in [1.165, 1.54) is 6.07 Å². The SMILES string of the molecule is CCOC(=O)c1ccc(Nc2ccc3c(c2)C(=O)CC(C)(C)O3)nn1. The molecule has 0 aliphatic carbocycles. The Hall–Kier alpha value is -2.96. The summed E-state index contributed by atoms with van der Waals surface area (Å²) in [6, 6.07) is 8.45. The molecule has 1 N–H and O–H groups in total. The normalized spacial score (nSPS) is 15.1. The molecule has 130 valence electrons. The number of hydrogen-bond acceptors (Lipinski definition) is 7. The number of aromatic nitrogens is 2. The molecule has 1 aliphatic heterocycles. The third kappa shape index (κ3) is 3.76. The van der Waals surface area contributed by atoms with Crippen LogP contribution in [0.25, 0.3) is 0 Å². The van der Waals surface area contributed by atoms with E-state index in [1.54, 1.807) is 31.2 Å². The largest absolute Gasteiger partial charge is 0.487 e. The monoisotopic (exact) mass is 341 g/mol. The van der Waals surface area contributed by atoms with Crippen LogP contribution in [0.1, 0.15) is 48.0 Å². The summed E-state index contributed by atoms with van der Waals surface area (Å²) in [5, 5.41) is 10.8. The maximum atomic E-state index is 12.3. The lowest BCUT2D eigenvalue weighted by Gasteiger charge is -2.31. The Balaban J connectivity index is 1.77. The highest BCUT2D eigenvalue weighted by molar-refractivity contribution is 6.01. The third-order valence-electron chi connectivity index (χ3n) is 3.67. The smallest absolute Gasteiger partial charge is 0.358 e. The number of nitrogens with zero attached hydrogens (tertiary/aromatic N) is 2. The molecule has 0 amide bonds. The molecule has 0 spiro atoms. The van der Waals surface area contributed by atoms with E-state index in [9.17, 15) is 9.59 Å². The summed E-state index contributed by atoms with van der Waals surface area (Å²) in [5.41, 5.74) is 0.880. The fourth-order valence-electron chi connectivity index (χ4n) is 2.59. The second-order valence-corrected chi connectivity index (χ2v) is 6.32. The van der Waals surface area contributed by atoms with Gasteiger partial charge >= 0.3 is 5.97 Å². The van der Waals surface area contributed by atoms with Crippen LogP contribution in [-0.2, 0) is 4.74 Å². The zero-order valence-corrected chi connectivity index (χ0v) is 14.3. The number of benzene rings is 1. The van der Waals surface area contributed by atoms with Crippen molar-refractivity contribution in [2.45, 2.75) is 32.8 Å². The van der Waals surface area contributed by atoms with Crippen LogP contribution in [0.4, 0.5) is 11.5 Å². The second-order valence-electron chi connectivity index (χ2n) is 6.32. The zero-order valence-electron chi connectivity index (χ0n) is 14.3. The van der Waals surface area contributed by atoms with Gasteiger partial charge in [0.15, 0.2) is 17.3 Å². The van der Waals surface area contributed by atoms with Crippen molar-refractivity contribution in [3.63, 3.8) is 0 Å². The number of nitrogens with one attached hydrogen (secondary N) is 1. The molecule has 0 atom stereocenters. The first-order valence-electron chi connectivity index (χ1n) is 8.02. The van der Waals surface area contributed by atoms with E-state index in [0.29, 0.717) is 29.2 Å². The van der Waals surface area contributed by atoms with Crippen LogP contribution in [0.2, 0.25) is 0 Å². The van der Waals surface area contributed by atoms with Gasteiger partial charge in [0.05, 0.1) is 18.6 Å². The minimum atomic E-state index is -0.513. The van der Waals surface area contributed by atoms with E-state index in [-0.39, 0.29) is 18.1 Å². The number of hydrogen-bond donors (Lipinski definition) is 1. The Bertz CT molecular complexity index is 816. The van der Waals surface area contributed by atoms with E-state index in [1.807, 2.05) is 13.8 Å². The molecule has 0 bridgehead atoms. The molecule has 0 fully saturated rings. The average Bonchev–Trinajstić information content (AvgIpc) is 2.55. The number of rotatable bonds is 4. The number of anilines is 2. The minimum Gasteiger partial charge on any atom is -0.487 e. The number of ether oxygens (including phenoxy) is 2. The van der Waals surface area contributed by atoms with Crippen LogP contribution in [0.5, 0.6) is 5.75 Å². The number of Topliss-reactive ketones (excluding diaryl/α,β-unsaturated/α-hetero) is 1. The molecule has 0 unspecified atom stereocenters. The van der Waals surface area contributed by atoms with Gasteiger partial charge in [-0.05, 0) is 51.1 Å². The van der Waals surface area contributed by atoms with Crippen molar-refractivity contribution in [2.75, 3.05) is 11.9 Å². The number of ketones is 1. The first-order chi connectivity index (χ1) is 11.9. The van der Waals surface area contributed by atoms with Gasteiger partial charge in [-0.2, -0.15) is 0 Å². The van der Waals surface area contributed by atoms with Crippen molar-refractivity contribution < 1.29 is 19.1 Å². The van der Waals surface area contributed by atoms with Gasteiger partial charge < -0.3 is 14.8 Å².